The van der Waals surface area contributed by atoms with Crippen molar-refractivity contribution in [2.24, 2.45) is 0 Å². The molecule has 9 nitrogen and oxygen atoms in total. The van der Waals surface area contributed by atoms with Crippen LogP contribution < -0.4 is 4.74 Å². The van der Waals surface area contributed by atoms with Crippen molar-refractivity contribution in [3.05, 3.63) is 34.4 Å². The van der Waals surface area contributed by atoms with Gasteiger partial charge in [0.1, 0.15) is 24.4 Å². The highest BCUT2D eigenvalue weighted by Gasteiger charge is 2.45. The van der Waals surface area contributed by atoms with Crippen LogP contribution in [0.2, 0.25) is 0 Å². The smallest absolute Gasteiger partial charge is 0.311 e. The van der Waals surface area contributed by atoms with Crippen LogP contribution in [0, 0.1) is 10.1 Å². The molecule has 9 heteroatoms. The second kappa shape index (κ2) is 6.33. The number of nitro groups is 1. The van der Waals surface area contributed by atoms with Gasteiger partial charge in [-0.05, 0) is 6.07 Å². The molecule has 1 saturated heterocycles. The van der Waals surface area contributed by atoms with E-state index in [1.54, 1.807) is 0 Å². The summed E-state index contributed by atoms with van der Waals surface area (Å²) in [5.74, 6) is -0.160. The fourth-order valence-corrected chi connectivity index (χ4v) is 2.00. The first kappa shape index (κ1) is 15.6. The summed E-state index contributed by atoms with van der Waals surface area (Å²) < 4.78 is 10.3. The Morgan fingerprint density at radius 2 is 1.86 bits per heavy atom. The molecule has 0 unspecified atom stereocenters. The maximum atomic E-state index is 10.9. The predicted octanol–water partition coefficient (Wildman–Crippen LogP) is -1.23. The molecule has 1 aliphatic rings. The van der Waals surface area contributed by atoms with Gasteiger partial charge in [-0.2, -0.15) is 0 Å². The molecule has 0 aromatic heterocycles. The van der Waals surface area contributed by atoms with Gasteiger partial charge in [-0.1, -0.05) is 12.1 Å². The first-order chi connectivity index (χ1) is 9.95. The zero-order valence-electron chi connectivity index (χ0n) is 10.8. The number of aliphatic hydroxyl groups excluding tert-OH is 4. The molecule has 0 bridgehead atoms. The molecule has 0 amide bonds. The molecule has 1 aromatic carbocycles. The summed E-state index contributed by atoms with van der Waals surface area (Å²) in [5.41, 5.74) is -0.338. The number of ether oxygens (including phenoxy) is 2. The number of rotatable bonds is 4. The van der Waals surface area contributed by atoms with Gasteiger partial charge in [-0.25, -0.2) is 0 Å². The summed E-state index contributed by atoms with van der Waals surface area (Å²) >= 11 is 0. The van der Waals surface area contributed by atoms with Crippen LogP contribution in [-0.4, -0.2) is 62.7 Å². The second-order valence-corrected chi connectivity index (χ2v) is 4.54. The van der Waals surface area contributed by atoms with Gasteiger partial charge in [0.25, 0.3) is 0 Å². The van der Waals surface area contributed by atoms with Crippen LogP contribution in [0.5, 0.6) is 5.75 Å². The van der Waals surface area contributed by atoms with E-state index in [1.807, 2.05) is 0 Å². The number of para-hydroxylation sites is 2. The first-order valence-corrected chi connectivity index (χ1v) is 6.16. The SMILES string of the molecule is O=[N+]([O-])c1ccccc1O[C@@H]1O[C@@H](CO)[C@H](O)[C@H](O)[C@@H]1O. The lowest BCUT2D eigenvalue weighted by atomic mass is 9.99. The van der Waals surface area contributed by atoms with E-state index in [0.29, 0.717) is 0 Å². The molecule has 5 atom stereocenters. The first-order valence-electron chi connectivity index (χ1n) is 6.16. The molecule has 2 rings (SSSR count). The van der Waals surface area contributed by atoms with Crippen molar-refractivity contribution in [3.8, 4) is 5.75 Å². The Balaban J connectivity index is 2.20. The van der Waals surface area contributed by atoms with Gasteiger partial charge in [0, 0.05) is 6.07 Å². The number of aliphatic hydroxyl groups is 4. The summed E-state index contributed by atoms with van der Waals surface area (Å²) in [6, 6.07) is 5.45. The third-order valence-corrected chi connectivity index (χ3v) is 3.15. The Morgan fingerprint density at radius 1 is 1.19 bits per heavy atom. The van der Waals surface area contributed by atoms with E-state index in [0.717, 1.165) is 0 Å². The minimum atomic E-state index is -1.62. The van der Waals surface area contributed by atoms with Gasteiger partial charge >= 0.3 is 5.69 Å². The van der Waals surface area contributed by atoms with Crippen LogP contribution >= 0.6 is 0 Å². The second-order valence-electron chi connectivity index (χ2n) is 4.54. The maximum absolute atomic E-state index is 10.9. The Kier molecular flexibility index (Phi) is 4.70. The van der Waals surface area contributed by atoms with Gasteiger partial charge in [0.2, 0.25) is 6.29 Å². The van der Waals surface area contributed by atoms with E-state index < -0.39 is 42.2 Å². The van der Waals surface area contributed by atoms with E-state index in [9.17, 15) is 25.4 Å². The molecule has 0 spiro atoms. The van der Waals surface area contributed by atoms with Crippen molar-refractivity contribution in [1.82, 2.24) is 0 Å². The van der Waals surface area contributed by atoms with Crippen molar-refractivity contribution in [1.29, 1.82) is 0 Å². The molecule has 21 heavy (non-hydrogen) atoms. The summed E-state index contributed by atoms with van der Waals surface area (Å²) in [6.07, 6.45) is -7.35. The van der Waals surface area contributed by atoms with Crippen LogP contribution in [-0.2, 0) is 4.74 Å². The molecule has 4 N–H and O–H groups in total. The summed E-state index contributed by atoms with van der Waals surface area (Å²) in [5, 5.41) is 49.0. The lowest BCUT2D eigenvalue weighted by Crippen LogP contribution is -2.60. The van der Waals surface area contributed by atoms with Crippen LogP contribution in [0.1, 0.15) is 0 Å². The normalized spacial score (nSPS) is 32.7. The van der Waals surface area contributed by atoms with Gasteiger partial charge < -0.3 is 29.9 Å². The van der Waals surface area contributed by atoms with Crippen LogP contribution in [0.3, 0.4) is 0 Å². The van der Waals surface area contributed by atoms with Gasteiger partial charge in [-0.15, -0.1) is 0 Å². The minimum Gasteiger partial charge on any atom is -0.455 e. The van der Waals surface area contributed by atoms with Crippen molar-refractivity contribution < 1.29 is 34.8 Å². The molecule has 116 valence electrons. The predicted molar refractivity (Wildman–Crippen MR) is 67.5 cm³/mol. The lowest BCUT2D eigenvalue weighted by Gasteiger charge is -2.39. The highest BCUT2D eigenvalue weighted by molar-refractivity contribution is 5.45. The quantitative estimate of drug-likeness (QED) is 0.400. The van der Waals surface area contributed by atoms with E-state index >= 15 is 0 Å². The number of nitrogens with zero attached hydrogens (tertiary/aromatic N) is 1. The number of hydrogen-bond donors (Lipinski definition) is 4. The average molecular weight is 301 g/mol. The molecular weight excluding hydrogens is 286 g/mol. The Bertz CT molecular complexity index is 508. The number of nitro benzene ring substituents is 1. The van der Waals surface area contributed by atoms with Crippen LogP contribution in [0.25, 0.3) is 0 Å². The van der Waals surface area contributed by atoms with Gasteiger partial charge in [-0.3, -0.25) is 10.1 Å². The third-order valence-electron chi connectivity index (χ3n) is 3.15. The van der Waals surface area contributed by atoms with Gasteiger partial charge in [0.15, 0.2) is 5.75 Å². The highest BCUT2D eigenvalue weighted by Crippen LogP contribution is 2.30. The standard InChI is InChI=1S/C12H15NO8/c14-5-8-9(15)10(16)11(17)12(21-8)20-7-4-2-1-3-6(7)13(18)19/h1-4,8-12,14-17H,5H2/t8-,9-,10-,11-,12+/m0/s1. The monoisotopic (exact) mass is 301 g/mol. The van der Waals surface area contributed by atoms with E-state index in [-0.39, 0.29) is 11.4 Å². The Morgan fingerprint density at radius 3 is 2.48 bits per heavy atom. The fourth-order valence-electron chi connectivity index (χ4n) is 2.00. The molecular formula is C12H15NO8. The van der Waals surface area contributed by atoms with Crippen molar-refractivity contribution in [2.45, 2.75) is 30.7 Å². The molecule has 1 heterocycles. The number of hydrogen-bond acceptors (Lipinski definition) is 8. The molecule has 0 aliphatic carbocycles. The summed E-state index contributed by atoms with van der Waals surface area (Å²) in [4.78, 5) is 10.2. The Hall–Kier alpha value is -1.78. The molecule has 0 saturated carbocycles. The summed E-state index contributed by atoms with van der Waals surface area (Å²) in [7, 11) is 0. The van der Waals surface area contributed by atoms with Crippen LogP contribution in [0.4, 0.5) is 5.69 Å². The summed E-state index contributed by atoms with van der Waals surface area (Å²) in [6.45, 7) is -0.609. The molecule has 1 aliphatic heterocycles. The van der Waals surface area contributed by atoms with Gasteiger partial charge in [0.05, 0.1) is 11.5 Å². The topological polar surface area (TPSA) is 143 Å². The number of benzene rings is 1. The fraction of sp³-hybridized carbons (Fsp3) is 0.500. The lowest BCUT2D eigenvalue weighted by molar-refractivity contribution is -0.387. The minimum absolute atomic E-state index is 0.160. The Labute approximate surface area is 119 Å². The molecule has 0 radical (unpaired) electrons. The maximum Gasteiger partial charge on any atom is 0.311 e. The van der Waals surface area contributed by atoms with E-state index in [4.69, 9.17) is 14.6 Å². The average Bonchev–Trinajstić information content (AvgIpc) is 2.48. The van der Waals surface area contributed by atoms with E-state index in [2.05, 4.69) is 0 Å². The molecule has 1 fully saturated rings. The zero-order chi connectivity index (χ0) is 15.6. The van der Waals surface area contributed by atoms with Crippen molar-refractivity contribution in [2.75, 3.05) is 6.61 Å². The largest absolute Gasteiger partial charge is 0.455 e. The van der Waals surface area contributed by atoms with Crippen molar-refractivity contribution >= 4 is 5.69 Å². The highest BCUT2D eigenvalue weighted by atomic mass is 16.7. The third kappa shape index (κ3) is 3.12. The molecule has 1 aromatic rings. The zero-order valence-corrected chi connectivity index (χ0v) is 10.8. The van der Waals surface area contributed by atoms with Crippen LogP contribution in [0.15, 0.2) is 24.3 Å². The van der Waals surface area contributed by atoms with E-state index in [1.165, 1.54) is 24.3 Å². The van der Waals surface area contributed by atoms with Crippen molar-refractivity contribution in [3.63, 3.8) is 0 Å².